The Labute approximate surface area is 91.1 Å². The Hall–Kier alpha value is -0.830. The first kappa shape index (κ1) is 10.7. The van der Waals surface area contributed by atoms with Crippen LogP contribution < -0.4 is 0 Å². The molecule has 1 N–H and O–H groups in total. The number of aliphatic hydroxyl groups excluding tert-OH is 1. The summed E-state index contributed by atoms with van der Waals surface area (Å²) in [5.41, 5.74) is 1.30. The lowest BCUT2D eigenvalue weighted by Crippen LogP contribution is -2.13. The summed E-state index contributed by atoms with van der Waals surface area (Å²) in [5.74, 6) is 0.884. The summed E-state index contributed by atoms with van der Waals surface area (Å²) >= 11 is 0. The van der Waals surface area contributed by atoms with Gasteiger partial charge in [0.2, 0.25) is 0 Å². The van der Waals surface area contributed by atoms with Crippen molar-refractivity contribution in [2.45, 2.75) is 51.7 Å². The van der Waals surface area contributed by atoms with Crippen LogP contribution in [0.5, 0.6) is 0 Å². The van der Waals surface area contributed by atoms with Crippen LogP contribution in [0.15, 0.2) is 12.4 Å². The van der Waals surface area contributed by atoms with E-state index in [0.717, 1.165) is 25.8 Å². The number of hydrogen-bond donors (Lipinski definition) is 1. The third-order valence-corrected chi connectivity index (χ3v) is 3.55. The van der Waals surface area contributed by atoms with Crippen LogP contribution in [-0.4, -0.2) is 21.0 Å². The molecule has 2 rings (SSSR count). The van der Waals surface area contributed by atoms with Crippen molar-refractivity contribution < 1.29 is 5.11 Å². The molecule has 1 heterocycles. The van der Waals surface area contributed by atoms with Gasteiger partial charge in [0.15, 0.2) is 0 Å². The smallest absolute Gasteiger partial charge is 0.0571 e. The van der Waals surface area contributed by atoms with E-state index in [9.17, 15) is 5.11 Å². The van der Waals surface area contributed by atoms with Crippen LogP contribution in [0.2, 0.25) is 0 Å². The van der Waals surface area contributed by atoms with Gasteiger partial charge in [-0.3, -0.25) is 4.68 Å². The highest BCUT2D eigenvalue weighted by Crippen LogP contribution is 2.39. The van der Waals surface area contributed by atoms with Gasteiger partial charge in [-0.2, -0.15) is 5.10 Å². The molecule has 15 heavy (non-hydrogen) atoms. The second-order valence-corrected chi connectivity index (χ2v) is 4.65. The van der Waals surface area contributed by atoms with Crippen LogP contribution in [-0.2, 0) is 6.54 Å². The highest BCUT2D eigenvalue weighted by Gasteiger charge is 2.32. The van der Waals surface area contributed by atoms with Crippen molar-refractivity contribution in [3.05, 3.63) is 18.0 Å². The van der Waals surface area contributed by atoms with Gasteiger partial charge < -0.3 is 5.11 Å². The normalized spacial score (nSPS) is 31.0. The van der Waals surface area contributed by atoms with Gasteiger partial charge in [-0.1, -0.05) is 13.8 Å². The third kappa shape index (κ3) is 2.07. The van der Waals surface area contributed by atoms with Gasteiger partial charge in [0, 0.05) is 12.7 Å². The van der Waals surface area contributed by atoms with Gasteiger partial charge in [-0.15, -0.1) is 0 Å². The van der Waals surface area contributed by atoms with E-state index >= 15 is 0 Å². The average molecular weight is 208 g/mol. The zero-order valence-electron chi connectivity index (χ0n) is 9.56. The minimum Gasteiger partial charge on any atom is -0.393 e. The number of hydrogen-bond acceptors (Lipinski definition) is 2. The van der Waals surface area contributed by atoms with Crippen LogP contribution in [0.3, 0.4) is 0 Å². The Morgan fingerprint density at radius 3 is 2.93 bits per heavy atom. The predicted octanol–water partition coefficient (Wildman–Crippen LogP) is 2.17. The monoisotopic (exact) mass is 208 g/mol. The Bertz CT molecular complexity index is 321. The molecule has 1 aromatic heterocycles. The van der Waals surface area contributed by atoms with E-state index in [-0.39, 0.29) is 6.10 Å². The quantitative estimate of drug-likeness (QED) is 0.826. The number of aliphatic hydroxyl groups is 1. The van der Waals surface area contributed by atoms with E-state index < -0.39 is 0 Å². The van der Waals surface area contributed by atoms with Gasteiger partial charge in [-0.25, -0.2) is 0 Å². The molecule has 1 fully saturated rings. The fraction of sp³-hybridized carbons (Fsp3) is 0.750. The molecule has 84 valence electrons. The molecule has 0 aliphatic heterocycles. The summed E-state index contributed by atoms with van der Waals surface area (Å²) in [6.07, 6.45) is 7.14. The third-order valence-electron chi connectivity index (χ3n) is 3.55. The minimum atomic E-state index is -0.121. The standard InChI is InChI=1S/C12H20N2O/c1-3-6-14-8-10(7-13-14)11-4-5-12(15)9(11)2/h7-9,11-12,15H,3-6H2,1-2H3. The molecule has 0 amide bonds. The predicted molar refractivity (Wildman–Crippen MR) is 59.7 cm³/mol. The Morgan fingerprint density at radius 1 is 1.53 bits per heavy atom. The van der Waals surface area contributed by atoms with Crippen LogP contribution in [0.1, 0.15) is 44.6 Å². The highest BCUT2D eigenvalue weighted by molar-refractivity contribution is 5.15. The molecule has 3 unspecified atom stereocenters. The van der Waals surface area contributed by atoms with E-state index in [2.05, 4.69) is 25.1 Å². The van der Waals surface area contributed by atoms with Crippen molar-refractivity contribution >= 4 is 0 Å². The molecule has 0 aromatic carbocycles. The topological polar surface area (TPSA) is 38.0 Å². The van der Waals surface area contributed by atoms with Gasteiger partial charge in [0.1, 0.15) is 0 Å². The molecule has 1 aliphatic carbocycles. The van der Waals surface area contributed by atoms with Gasteiger partial charge in [0.05, 0.1) is 12.3 Å². The first-order valence-corrected chi connectivity index (χ1v) is 5.92. The summed E-state index contributed by atoms with van der Waals surface area (Å²) in [7, 11) is 0. The Morgan fingerprint density at radius 2 is 2.33 bits per heavy atom. The molecule has 0 saturated heterocycles. The number of rotatable bonds is 3. The average Bonchev–Trinajstić information content (AvgIpc) is 2.77. The molecule has 3 nitrogen and oxygen atoms in total. The maximum absolute atomic E-state index is 9.71. The van der Waals surface area contributed by atoms with Gasteiger partial charge in [-0.05, 0) is 36.7 Å². The highest BCUT2D eigenvalue weighted by atomic mass is 16.3. The summed E-state index contributed by atoms with van der Waals surface area (Å²) in [6, 6.07) is 0. The molecule has 1 aliphatic rings. The van der Waals surface area contributed by atoms with E-state index in [1.54, 1.807) is 0 Å². The Balaban J connectivity index is 2.09. The lowest BCUT2D eigenvalue weighted by molar-refractivity contribution is 0.136. The van der Waals surface area contributed by atoms with Crippen molar-refractivity contribution in [1.29, 1.82) is 0 Å². The summed E-state index contributed by atoms with van der Waals surface area (Å²) in [5, 5.41) is 14.1. The zero-order valence-corrected chi connectivity index (χ0v) is 9.56. The first-order valence-electron chi connectivity index (χ1n) is 5.92. The molecular formula is C12H20N2O. The van der Waals surface area contributed by atoms with Gasteiger partial charge >= 0.3 is 0 Å². The van der Waals surface area contributed by atoms with E-state index in [1.165, 1.54) is 5.56 Å². The summed E-state index contributed by atoms with van der Waals surface area (Å²) in [6.45, 7) is 5.28. The molecule has 0 radical (unpaired) electrons. The molecule has 1 saturated carbocycles. The zero-order chi connectivity index (χ0) is 10.8. The number of aryl methyl sites for hydroxylation is 1. The molecule has 0 spiro atoms. The lowest BCUT2D eigenvalue weighted by atomic mass is 9.92. The van der Waals surface area contributed by atoms with Crippen LogP contribution in [0.4, 0.5) is 0 Å². The van der Waals surface area contributed by atoms with E-state index in [4.69, 9.17) is 0 Å². The van der Waals surface area contributed by atoms with Crippen molar-refractivity contribution in [2.24, 2.45) is 5.92 Å². The lowest BCUT2D eigenvalue weighted by Gasteiger charge is -2.15. The first-order chi connectivity index (χ1) is 7.22. The summed E-state index contributed by atoms with van der Waals surface area (Å²) in [4.78, 5) is 0. The Kier molecular flexibility index (Phi) is 3.10. The SMILES string of the molecule is CCCn1cc(C2CCC(O)C2C)cn1. The number of aromatic nitrogens is 2. The van der Waals surface area contributed by atoms with E-state index in [0.29, 0.717) is 11.8 Å². The molecule has 1 aromatic rings. The van der Waals surface area contributed by atoms with Gasteiger partial charge in [0.25, 0.3) is 0 Å². The van der Waals surface area contributed by atoms with Crippen molar-refractivity contribution in [3.63, 3.8) is 0 Å². The maximum Gasteiger partial charge on any atom is 0.0571 e. The van der Waals surface area contributed by atoms with E-state index in [1.807, 2.05) is 10.9 Å². The number of nitrogens with zero attached hydrogens (tertiary/aromatic N) is 2. The fourth-order valence-electron chi connectivity index (χ4n) is 2.54. The summed E-state index contributed by atoms with van der Waals surface area (Å²) < 4.78 is 2.01. The van der Waals surface area contributed by atoms with Crippen molar-refractivity contribution in [3.8, 4) is 0 Å². The molecule has 3 atom stereocenters. The van der Waals surface area contributed by atoms with Crippen LogP contribution >= 0.6 is 0 Å². The van der Waals surface area contributed by atoms with Crippen LogP contribution in [0, 0.1) is 5.92 Å². The second-order valence-electron chi connectivity index (χ2n) is 4.65. The molecule has 0 bridgehead atoms. The molecular weight excluding hydrogens is 188 g/mol. The maximum atomic E-state index is 9.71. The van der Waals surface area contributed by atoms with Crippen molar-refractivity contribution in [1.82, 2.24) is 9.78 Å². The fourth-order valence-corrected chi connectivity index (χ4v) is 2.54. The molecule has 3 heteroatoms. The van der Waals surface area contributed by atoms with Crippen LogP contribution in [0.25, 0.3) is 0 Å². The minimum absolute atomic E-state index is 0.121. The van der Waals surface area contributed by atoms with Crippen molar-refractivity contribution in [2.75, 3.05) is 0 Å². The second kappa shape index (κ2) is 4.35. The largest absolute Gasteiger partial charge is 0.393 e.